The van der Waals surface area contributed by atoms with E-state index in [2.05, 4.69) is 11.9 Å². The van der Waals surface area contributed by atoms with E-state index in [1.165, 1.54) is 22.5 Å². The number of hydrogen-bond donors (Lipinski definition) is 2. The third kappa shape index (κ3) is 4.69. The maximum absolute atomic E-state index is 12.6. The zero-order valence-electron chi connectivity index (χ0n) is 14.3. The summed E-state index contributed by atoms with van der Waals surface area (Å²) in [6.45, 7) is 4.60. The molecule has 1 saturated heterocycles. The molecule has 0 amide bonds. The van der Waals surface area contributed by atoms with Gasteiger partial charge < -0.3 is 10.4 Å². The Hall–Kier alpha value is -2.21. The van der Waals surface area contributed by atoms with Crippen LogP contribution in [0.4, 0.5) is 5.69 Å². The van der Waals surface area contributed by atoms with Gasteiger partial charge in [0.05, 0.1) is 4.90 Å². The number of thiocarbonyl (C=S) groups is 1. The quantitative estimate of drug-likeness (QED) is 0.253. The maximum Gasteiger partial charge on any atom is 0.243 e. The van der Waals surface area contributed by atoms with Crippen LogP contribution in [0.5, 0.6) is 0 Å². The fourth-order valence-electron chi connectivity index (χ4n) is 2.64. The SMILES string of the molecule is C=CC/C(O)=C(\C#N)C(=S)Nc1ccc(S(=O)(=O)N2CCCCC2)cc1. The molecule has 0 atom stereocenters. The highest BCUT2D eigenvalue weighted by Crippen LogP contribution is 2.22. The van der Waals surface area contributed by atoms with Crippen LogP contribution < -0.4 is 5.32 Å². The van der Waals surface area contributed by atoms with E-state index in [-0.39, 0.29) is 27.6 Å². The molecule has 2 rings (SSSR count). The van der Waals surface area contributed by atoms with Crippen molar-refractivity contribution < 1.29 is 13.5 Å². The molecule has 6 nitrogen and oxygen atoms in total. The highest BCUT2D eigenvalue weighted by atomic mass is 32.2. The molecule has 2 N–H and O–H groups in total. The normalized spacial score (nSPS) is 16.3. The highest BCUT2D eigenvalue weighted by Gasteiger charge is 2.25. The van der Waals surface area contributed by atoms with Crippen LogP contribution >= 0.6 is 12.2 Å². The van der Waals surface area contributed by atoms with Crippen LogP contribution in [0.3, 0.4) is 0 Å². The van der Waals surface area contributed by atoms with Crippen molar-refractivity contribution in [1.82, 2.24) is 4.31 Å². The van der Waals surface area contributed by atoms with Gasteiger partial charge in [0.1, 0.15) is 22.4 Å². The van der Waals surface area contributed by atoms with Crippen molar-refractivity contribution in [2.75, 3.05) is 18.4 Å². The Morgan fingerprint density at radius 1 is 1.31 bits per heavy atom. The first-order valence-electron chi connectivity index (χ1n) is 8.25. The van der Waals surface area contributed by atoms with Crippen LogP contribution in [0.1, 0.15) is 25.7 Å². The molecule has 1 aromatic rings. The summed E-state index contributed by atoms with van der Waals surface area (Å²) in [5.41, 5.74) is 0.497. The zero-order chi connectivity index (χ0) is 19.2. The standard InChI is InChI=1S/C18H21N3O3S2/c1-2-6-17(22)16(13-19)18(25)20-14-7-9-15(10-8-14)26(23,24)21-11-4-3-5-12-21/h2,7-10,22H,1,3-6,11-12H2,(H,20,25)/b17-16-. The van der Waals surface area contributed by atoms with E-state index in [4.69, 9.17) is 17.5 Å². The lowest BCUT2D eigenvalue weighted by Gasteiger charge is -2.25. The molecule has 0 unspecified atom stereocenters. The molecule has 0 saturated carbocycles. The summed E-state index contributed by atoms with van der Waals surface area (Å²) in [7, 11) is -3.49. The average molecular weight is 392 g/mol. The van der Waals surface area contributed by atoms with Crippen LogP contribution in [0.15, 0.2) is 53.1 Å². The molecule has 26 heavy (non-hydrogen) atoms. The van der Waals surface area contributed by atoms with Crippen molar-refractivity contribution in [1.29, 1.82) is 5.26 Å². The Kier molecular flexibility index (Phi) is 6.91. The Labute approximate surface area is 159 Å². The van der Waals surface area contributed by atoms with Crippen LogP contribution in [0.2, 0.25) is 0 Å². The number of nitriles is 1. The van der Waals surface area contributed by atoms with Crippen LogP contribution in [0.25, 0.3) is 0 Å². The van der Waals surface area contributed by atoms with E-state index in [0.717, 1.165) is 19.3 Å². The molecule has 1 aliphatic rings. The number of piperidine rings is 1. The molecule has 1 aromatic carbocycles. The first-order valence-corrected chi connectivity index (χ1v) is 10.1. The summed E-state index contributed by atoms with van der Waals surface area (Å²) in [5, 5.41) is 21.8. The Bertz CT molecular complexity index is 847. The fraction of sp³-hybridized carbons (Fsp3) is 0.333. The van der Waals surface area contributed by atoms with Crippen molar-refractivity contribution in [2.24, 2.45) is 0 Å². The van der Waals surface area contributed by atoms with Gasteiger partial charge in [0.15, 0.2) is 0 Å². The second-order valence-electron chi connectivity index (χ2n) is 5.87. The summed E-state index contributed by atoms with van der Waals surface area (Å²) in [6, 6.07) is 8.05. The third-order valence-electron chi connectivity index (χ3n) is 4.03. The molecule has 1 fully saturated rings. The molecule has 8 heteroatoms. The highest BCUT2D eigenvalue weighted by molar-refractivity contribution is 7.89. The zero-order valence-corrected chi connectivity index (χ0v) is 15.9. The summed E-state index contributed by atoms with van der Waals surface area (Å²) >= 11 is 5.14. The van der Waals surface area contributed by atoms with E-state index in [1.807, 2.05) is 6.07 Å². The minimum atomic E-state index is -3.49. The lowest BCUT2D eigenvalue weighted by Crippen LogP contribution is -2.35. The van der Waals surface area contributed by atoms with Gasteiger partial charge >= 0.3 is 0 Å². The number of nitrogens with one attached hydrogen (secondary N) is 1. The van der Waals surface area contributed by atoms with Gasteiger partial charge in [0, 0.05) is 25.2 Å². The van der Waals surface area contributed by atoms with Gasteiger partial charge in [0.25, 0.3) is 0 Å². The summed E-state index contributed by atoms with van der Waals surface area (Å²) in [6.07, 6.45) is 4.42. The summed E-state index contributed by atoms with van der Waals surface area (Å²) < 4.78 is 26.8. The van der Waals surface area contributed by atoms with Crippen molar-refractivity contribution >= 4 is 32.9 Å². The van der Waals surface area contributed by atoms with Crippen LogP contribution in [0, 0.1) is 11.3 Å². The molecule has 0 aliphatic carbocycles. The van der Waals surface area contributed by atoms with Gasteiger partial charge in [0.2, 0.25) is 10.0 Å². The number of nitrogens with zero attached hydrogens (tertiary/aromatic N) is 2. The second kappa shape index (κ2) is 8.94. The Morgan fingerprint density at radius 2 is 1.92 bits per heavy atom. The number of aliphatic hydroxyl groups excluding tert-OH is 1. The molecule has 0 aromatic heterocycles. The van der Waals surface area contributed by atoms with Crippen molar-refractivity contribution in [2.45, 2.75) is 30.6 Å². The van der Waals surface area contributed by atoms with Crippen LogP contribution in [-0.2, 0) is 10.0 Å². The molecular weight excluding hydrogens is 370 g/mol. The van der Waals surface area contributed by atoms with Gasteiger partial charge in [-0.1, -0.05) is 24.7 Å². The monoisotopic (exact) mass is 391 g/mol. The van der Waals surface area contributed by atoms with Gasteiger partial charge in [-0.3, -0.25) is 0 Å². The minimum absolute atomic E-state index is 0.0371. The average Bonchev–Trinajstić information content (AvgIpc) is 2.63. The van der Waals surface area contributed by atoms with Gasteiger partial charge in [-0.15, -0.1) is 6.58 Å². The molecule has 1 heterocycles. The van der Waals surface area contributed by atoms with E-state index in [1.54, 1.807) is 12.1 Å². The molecule has 0 bridgehead atoms. The predicted molar refractivity (Wildman–Crippen MR) is 105 cm³/mol. The van der Waals surface area contributed by atoms with E-state index < -0.39 is 10.0 Å². The smallest absolute Gasteiger partial charge is 0.243 e. The molecule has 0 spiro atoms. The molecule has 0 radical (unpaired) electrons. The molecule has 1 aliphatic heterocycles. The number of sulfonamides is 1. The van der Waals surface area contributed by atoms with Gasteiger partial charge in [-0.05, 0) is 37.1 Å². The number of allylic oxidation sites excluding steroid dienone is 1. The summed E-state index contributed by atoms with van der Waals surface area (Å²) in [5.74, 6) is -0.163. The largest absolute Gasteiger partial charge is 0.510 e. The first-order chi connectivity index (χ1) is 12.4. The molecular formula is C18H21N3O3S2. The van der Waals surface area contributed by atoms with Gasteiger partial charge in [-0.25, -0.2) is 8.42 Å². The number of aliphatic hydroxyl groups is 1. The van der Waals surface area contributed by atoms with Gasteiger partial charge in [-0.2, -0.15) is 9.57 Å². The lowest BCUT2D eigenvalue weighted by molar-refractivity contribution is 0.346. The van der Waals surface area contributed by atoms with Crippen molar-refractivity contribution in [3.05, 3.63) is 48.3 Å². The van der Waals surface area contributed by atoms with Crippen LogP contribution in [-0.4, -0.2) is 35.9 Å². The first kappa shape index (κ1) is 20.1. The topological polar surface area (TPSA) is 93.4 Å². The maximum atomic E-state index is 12.6. The Morgan fingerprint density at radius 3 is 2.46 bits per heavy atom. The molecule has 138 valence electrons. The number of hydrogen-bond acceptors (Lipinski definition) is 5. The fourth-order valence-corrected chi connectivity index (χ4v) is 4.44. The van der Waals surface area contributed by atoms with Crippen molar-refractivity contribution in [3.63, 3.8) is 0 Å². The number of anilines is 1. The van der Waals surface area contributed by atoms with E-state index in [0.29, 0.717) is 18.8 Å². The second-order valence-corrected chi connectivity index (χ2v) is 8.22. The summed E-state index contributed by atoms with van der Waals surface area (Å²) in [4.78, 5) is 0.292. The number of rotatable bonds is 6. The predicted octanol–water partition coefficient (Wildman–Crippen LogP) is 3.51. The van der Waals surface area contributed by atoms with Crippen molar-refractivity contribution in [3.8, 4) is 6.07 Å². The Balaban J connectivity index is 2.14. The number of benzene rings is 1. The minimum Gasteiger partial charge on any atom is -0.510 e. The lowest BCUT2D eigenvalue weighted by atomic mass is 10.2. The van der Waals surface area contributed by atoms with E-state index in [9.17, 15) is 13.5 Å². The van der Waals surface area contributed by atoms with E-state index >= 15 is 0 Å². The third-order valence-corrected chi connectivity index (χ3v) is 6.25.